The highest BCUT2D eigenvalue weighted by atomic mass is 16.6. The van der Waals surface area contributed by atoms with E-state index in [2.05, 4.69) is 4.90 Å². The Labute approximate surface area is 164 Å². The zero-order valence-corrected chi connectivity index (χ0v) is 16.6. The first-order chi connectivity index (χ1) is 13.5. The number of nitrogens with zero attached hydrogens (tertiary/aromatic N) is 2. The van der Waals surface area contributed by atoms with Crippen LogP contribution in [0, 0.1) is 17.0 Å². The van der Waals surface area contributed by atoms with Crippen LogP contribution in [-0.4, -0.2) is 37.7 Å². The van der Waals surface area contributed by atoms with Crippen molar-refractivity contribution >= 4 is 5.69 Å². The van der Waals surface area contributed by atoms with Crippen LogP contribution in [0.1, 0.15) is 33.9 Å². The number of nitro benzene ring substituents is 1. The van der Waals surface area contributed by atoms with Crippen molar-refractivity contribution in [1.82, 2.24) is 4.90 Å². The second-order valence-electron chi connectivity index (χ2n) is 7.26. The lowest BCUT2D eigenvalue weighted by Crippen LogP contribution is -2.40. The zero-order valence-electron chi connectivity index (χ0n) is 16.6. The van der Waals surface area contributed by atoms with Crippen molar-refractivity contribution < 1.29 is 19.1 Å². The molecular weight excluding hydrogens is 360 g/mol. The number of hydrogen-bond acceptors (Lipinski definition) is 6. The minimum absolute atomic E-state index is 0.0284. The van der Waals surface area contributed by atoms with Crippen molar-refractivity contribution in [3.8, 4) is 17.2 Å². The van der Waals surface area contributed by atoms with Gasteiger partial charge >= 0.3 is 0 Å². The number of nitro groups is 1. The van der Waals surface area contributed by atoms with Gasteiger partial charge in [0, 0.05) is 24.7 Å². The highest BCUT2D eigenvalue weighted by Crippen LogP contribution is 2.48. The fourth-order valence-corrected chi connectivity index (χ4v) is 4.67. The predicted octanol–water partition coefficient (Wildman–Crippen LogP) is 3.58. The highest BCUT2D eigenvalue weighted by molar-refractivity contribution is 5.61. The van der Waals surface area contributed by atoms with Crippen molar-refractivity contribution in [2.24, 2.45) is 0 Å². The van der Waals surface area contributed by atoms with Crippen LogP contribution in [0.25, 0.3) is 0 Å². The van der Waals surface area contributed by atoms with E-state index in [-0.39, 0.29) is 16.7 Å². The van der Waals surface area contributed by atoms with Crippen molar-refractivity contribution in [3.05, 3.63) is 56.1 Å². The quantitative estimate of drug-likeness (QED) is 0.592. The molecule has 2 aliphatic rings. The van der Waals surface area contributed by atoms with E-state index in [1.54, 1.807) is 28.3 Å². The monoisotopic (exact) mass is 384 g/mol. The Kier molecular flexibility index (Phi) is 4.63. The van der Waals surface area contributed by atoms with E-state index in [1.165, 1.54) is 0 Å². The van der Waals surface area contributed by atoms with Crippen molar-refractivity contribution in [1.29, 1.82) is 0 Å². The van der Waals surface area contributed by atoms with Gasteiger partial charge in [0.2, 0.25) is 0 Å². The lowest BCUT2D eigenvalue weighted by molar-refractivity contribution is -0.386. The molecule has 0 N–H and O–H groups in total. The Morgan fingerprint density at radius 3 is 2.50 bits per heavy atom. The van der Waals surface area contributed by atoms with Gasteiger partial charge in [0.1, 0.15) is 5.75 Å². The molecule has 0 saturated carbocycles. The maximum atomic E-state index is 12.0. The Bertz CT molecular complexity index is 957. The fourth-order valence-electron chi connectivity index (χ4n) is 4.67. The summed E-state index contributed by atoms with van der Waals surface area (Å²) in [6, 6.07) is 5.90. The molecule has 2 heterocycles. The van der Waals surface area contributed by atoms with Crippen molar-refractivity contribution in [2.75, 3.05) is 27.9 Å². The largest absolute Gasteiger partial charge is 0.496 e. The van der Waals surface area contributed by atoms with Gasteiger partial charge in [0.25, 0.3) is 5.69 Å². The molecule has 2 aromatic carbocycles. The molecular formula is C21H24N2O5. The first kappa shape index (κ1) is 18.6. The normalized spacial score (nSPS) is 17.9. The van der Waals surface area contributed by atoms with Crippen LogP contribution in [-0.2, 0) is 19.4 Å². The maximum absolute atomic E-state index is 12.0. The molecule has 28 heavy (non-hydrogen) atoms. The summed E-state index contributed by atoms with van der Waals surface area (Å²) in [6.07, 6.45) is 1.46. The maximum Gasteiger partial charge on any atom is 0.281 e. The Balaban J connectivity index is 1.86. The van der Waals surface area contributed by atoms with Crippen LogP contribution in [0.4, 0.5) is 5.69 Å². The minimum Gasteiger partial charge on any atom is -0.496 e. The van der Waals surface area contributed by atoms with Gasteiger partial charge in [0.05, 0.1) is 37.4 Å². The molecule has 2 aromatic rings. The highest BCUT2D eigenvalue weighted by Gasteiger charge is 2.39. The Morgan fingerprint density at radius 2 is 1.86 bits per heavy atom. The summed E-state index contributed by atoms with van der Waals surface area (Å²) in [5, 5.41) is 12.0. The first-order valence-corrected chi connectivity index (χ1v) is 9.31. The third-order valence-corrected chi connectivity index (χ3v) is 6.00. The van der Waals surface area contributed by atoms with Gasteiger partial charge in [0.15, 0.2) is 11.5 Å². The molecule has 148 valence electrons. The predicted molar refractivity (Wildman–Crippen MR) is 104 cm³/mol. The van der Waals surface area contributed by atoms with Crippen LogP contribution in [0.2, 0.25) is 0 Å². The molecule has 7 heteroatoms. The fraction of sp³-hybridized carbons (Fsp3) is 0.429. The topological polar surface area (TPSA) is 74.1 Å². The molecule has 0 bridgehead atoms. The van der Waals surface area contributed by atoms with Gasteiger partial charge < -0.3 is 14.2 Å². The molecule has 0 amide bonds. The smallest absolute Gasteiger partial charge is 0.281 e. The van der Waals surface area contributed by atoms with Gasteiger partial charge in [-0.15, -0.1) is 0 Å². The second-order valence-corrected chi connectivity index (χ2v) is 7.26. The average Bonchev–Trinajstić information content (AvgIpc) is 2.70. The second kappa shape index (κ2) is 6.98. The summed E-state index contributed by atoms with van der Waals surface area (Å²) in [4.78, 5) is 14.0. The van der Waals surface area contributed by atoms with E-state index < -0.39 is 0 Å². The number of ether oxygens (including phenoxy) is 3. The molecule has 0 radical (unpaired) electrons. The molecule has 0 spiro atoms. The van der Waals surface area contributed by atoms with E-state index in [0.717, 1.165) is 41.0 Å². The first-order valence-electron chi connectivity index (χ1n) is 9.31. The summed E-state index contributed by atoms with van der Waals surface area (Å²) >= 11 is 0. The standard InChI is InChI=1S/C21H24N2O5/c1-12-18(27-3)10-14-7-8-22-11-15-13(5-6-17(26-2)21(15)28-4)9-16(22)19(14)20(12)23(24)25/h5-6,10,16H,7-9,11H2,1-4H3/t16-/m0/s1. The third-order valence-electron chi connectivity index (χ3n) is 6.00. The molecule has 0 saturated heterocycles. The summed E-state index contributed by atoms with van der Waals surface area (Å²) in [5.74, 6) is 2.05. The molecule has 4 rings (SSSR count). The Hall–Kier alpha value is -2.80. The molecule has 0 fully saturated rings. The van der Waals surface area contributed by atoms with Gasteiger partial charge in [-0.05, 0) is 43.0 Å². The summed E-state index contributed by atoms with van der Waals surface area (Å²) < 4.78 is 16.5. The molecule has 2 aliphatic heterocycles. The van der Waals surface area contributed by atoms with Crippen molar-refractivity contribution in [2.45, 2.75) is 32.4 Å². The number of rotatable bonds is 4. The Morgan fingerprint density at radius 1 is 1.11 bits per heavy atom. The van der Waals surface area contributed by atoms with E-state index in [9.17, 15) is 10.1 Å². The number of methoxy groups -OCH3 is 3. The molecule has 0 aliphatic carbocycles. The lowest BCUT2D eigenvalue weighted by atomic mass is 9.82. The lowest BCUT2D eigenvalue weighted by Gasteiger charge is -2.41. The third kappa shape index (κ3) is 2.69. The number of fused-ring (bicyclic) bond motifs is 4. The van der Waals surface area contributed by atoms with Crippen LogP contribution in [0.5, 0.6) is 17.2 Å². The number of benzene rings is 2. The average molecular weight is 384 g/mol. The van der Waals surface area contributed by atoms with Gasteiger partial charge in [-0.2, -0.15) is 0 Å². The van der Waals surface area contributed by atoms with E-state index in [0.29, 0.717) is 30.0 Å². The van der Waals surface area contributed by atoms with E-state index in [1.807, 2.05) is 18.2 Å². The molecule has 7 nitrogen and oxygen atoms in total. The van der Waals surface area contributed by atoms with Crippen LogP contribution in [0.3, 0.4) is 0 Å². The number of hydrogen-bond donors (Lipinski definition) is 0. The minimum atomic E-state index is -0.260. The van der Waals surface area contributed by atoms with Gasteiger partial charge in [-0.3, -0.25) is 15.0 Å². The van der Waals surface area contributed by atoms with Crippen LogP contribution in [0.15, 0.2) is 18.2 Å². The zero-order chi connectivity index (χ0) is 20.0. The summed E-state index contributed by atoms with van der Waals surface area (Å²) in [5.41, 5.74) is 4.87. The summed E-state index contributed by atoms with van der Waals surface area (Å²) in [6.45, 7) is 3.28. The van der Waals surface area contributed by atoms with Crippen LogP contribution < -0.4 is 14.2 Å². The molecule has 0 aromatic heterocycles. The van der Waals surface area contributed by atoms with Gasteiger partial charge in [-0.25, -0.2) is 0 Å². The van der Waals surface area contributed by atoms with Crippen LogP contribution >= 0.6 is 0 Å². The van der Waals surface area contributed by atoms with E-state index in [4.69, 9.17) is 14.2 Å². The van der Waals surface area contributed by atoms with Crippen molar-refractivity contribution in [3.63, 3.8) is 0 Å². The molecule has 1 atom stereocenters. The SMILES string of the molecule is COc1cc2c(c([N+](=O)[O-])c1C)[C@@H]1Cc3ccc(OC)c(OC)c3CN1CC2. The summed E-state index contributed by atoms with van der Waals surface area (Å²) in [7, 11) is 4.84. The van der Waals surface area contributed by atoms with Gasteiger partial charge in [-0.1, -0.05) is 6.07 Å². The van der Waals surface area contributed by atoms with E-state index >= 15 is 0 Å². The molecule has 0 unspecified atom stereocenters.